The minimum absolute atomic E-state index is 0.0424. The number of esters is 1. The number of rotatable bonds is 4. The Morgan fingerprint density at radius 3 is 3.00 bits per heavy atom. The fraction of sp³-hybridized carbons (Fsp3) is 0.462. The van der Waals surface area contributed by atoms with Crippen molar-refractivity contribution in [1.82, 2.24) is 0 Å². The molecule has 2 rings (SSSR count). The zero-order chi connectivity index (χ0) is 13.0. The van der Waals surface area contributed by atoms with E-state index in [2.05, 4.69) is 0 Å². The molecule has 1 saturated heterocycles. The lowest BCUT2D eigenvalue weighted by atomic mass is 10.2. The largest absolute Gasteiger partial charge is 0.486 e. The van der Waals surface area contributed by atoms with Crippen LogP contribution >= 0.6 is 0 Å². The molecule has 2 N–H and O–H groups in total. The van der Waals surface area contributed by atoms with Crippen LogP contribution < -0.4 is 10.5 Å². The molecule has 1 heterocycles. The summed E-state index contributed by atoms with van der Waals surface area (Å²) < 4.78 is 15.8. The van der Waals surface area contributed by atoms with Gasteiger partial charge in [-0.2, -0.15) is 0 Å². The minimum atomic E-state index is -0.375. The van der Waals surface area contributed by atoms with E-state index in [0.717, 1.165) is 6.42 Å². The third-order valence-electron chi connectivity index (χ3n) is 2.70. The van der Waals surface area contributed by atoms with Gasteiger partial charge in [0.15, 0.2) is 0 Å². The standard InChI is InChI=1S/C13H17NO4/c1-2-17-13(15)9-3-4-12(11(14)7-9)18-10-5-6-16-8-10/h3-4,7,10H,2,5-6,8,14H2,1H3. The SMILES string of the molecule is CCOC(=O)c1ccc(OC2CCOC2)c(N)c1. The fourth-order valence-electron chi connectivity index (χ4n) is 1.78. The molecule has 0 radical (unpaired) electrons. The van der Waals surface area contributed by atoms with Gasteiger partial charge in [-0.05, 0) is 25.1 Å². The Morgan fingerprint density at radius 2 is 2.39 bits per heavy atom. The highest BCUT2D eigenvalue weighted by Gasteiger charge is 2.18. The molecule has 1 aromatic carbocycles. The number of anilines is 1. The monoisotopic (exact) mass is 251 g/mol. The summed E-state index contributed by atoms with van der Waals surface area (Å²) in [7, 11) is 0. The number of hydrogen-bond acceptors (Lipinski definition) is 5. The van der Waals surface area contributed by atoms with Crippen molar-refractivity contribution in [3.63, 3.8) is 0 Å². The lowest BCUT2D eigenvalue weighted by molar-refractivity contribution is 0.0526. The molecule has 0 aliphatic carbocycles. The van der Waals surface area contributed by atoms with Crippen molar-refractivity contribution in [2.45, 2.75) is 19.4 Å². The highest BCUT2D eigenvalue weighted by molar-refractivity contribution is 5.91. The Labute approximate surface area is 106 Å². The molecule has 98 valence electrons. The average molecular weight is 251 g/mol. The maximum Gasteiger partial charge on any atom is 0.338 e. The van der Waals surface area contributed by atoms with E-state index in [4.69, 9.17) is 19.9 Å². The van der Waals surface area contributed by atoms with Gasteiger partial charge in [-0.3, -0.25) is 0 Å². The lowest BCUT2D eigenvalue weighted by Crippen LogP contribution is -2.16. The predicted molar refractivity (Wildman–Crippen MR) is 66.7 cm³/mol. The second kappa shape index (κ2) is 5.73. The second-order valence-corrected chi connectivity index (χ2v) is 4.08. The smallest absolute Gasteiger partial charge is 0.338 e. The van der Waals surface area contributed by atoms with Crippen LogP contribution in [-0.2, 0) is 9.47 Å². The Balaban J connectivity index is 2.06. The van der Waals surface area contributed by atoms with Crippen LogP contribution in [0.3, 0.4) is 0 Å². The van der Waals surface area contributed by atoms with Crippen LogP contribution in [0.15, 0.2) is 18.2 Å². The zero-order valence-electron chi connectivity index (χ0n) is 10.3. The molecule has 0 bridgehead atoms. The first-order valence-electron chi connectivity index (χ1n) is 6.01. The Kier molecular flexibility index (Phi) is 4.04. The number of carbonyl (C=O) groups is 1. The van der Waals surface area contributed by atoms with E-state index in [1.54, 1.807) is 25.1 Å². The van der Waals surface area contributed by atoms with Crippen LogP contribution in [0.1, 0.15) is 23.7 Å². The minimum Gasteiger partial charge on any atom is -0.486 e. The molecule has 5 nitrogen and oxygen atoms in total. The summed E-state index contributed by atoms with van der Waals surface area (Å²) in [5, 5.41) is 0. The van der Waals surface area contributed by atoms with E-state index in [0.29, 0.717) is 36.8 Å². The highest BCUT2D eigenvalue weighted by atomic mass is 16.5. The third kappa shape index (κ3) is 2.92. The summed E-state index contributed by atoms with van der Waals surface area (Å²) in [6.45, 7) is 3.40. The van der Waals surface area contributed by atoms with Crippen molar-refractivity contribution < 1.29 is 19.0 Å². The first-order chi connectivity index (χ1) is 8.70. The van der Waals surface area contributed by atoms with Gasteiger partial charge in [0.1, 0.15) is 11.9 Å². The van der Waals surface area contributed by atoms with Gasteiger partial charge in [-0.25, -0.2) is 4.79 Å². The highest BCUT2D eigenvalue weighted by Crippen LogP contribution is 2.25. The fourth-order valence-corrected chi connectivity index (χ4v) is 1.78. The number of nitrogens with two attached hydrogens (primary N) is 1. The molecule has 1 atom stereocenters. The molecular weight excluding hydrogens is 234 g/mol. The van der Waals surface area contributed by atoms with Crippen molar-refractivity contribution >= 4 is 11.7 Å². The van der Waals surface area contributed by atoms with E-state index >= 15 is 0 Å². The molecule has 5 heteroatoms. The number of carbonyl (C=O) groups excluding carboxylic acids is 1. The van der Waals surface area contributed by atoms with Gasteiger partial charge in [-0.15, -0.1) is 0 Å². The molecule has 18 heavy (non-hydrogen) atoms. The summed E-state index contributed by atoms with van der Waals surface area (Å²) in [5.41, 5.74) is 6.73. The molecule has 0 aromatic heterocycles. The zero-order valence-corrected chi connectivity index (χ0v) is 10.3. The normalized spacial score (nSPS) is 18.6. The van der Waals surface area contributed by atoms with Crippen LogP contribution in [0.4, 0.5) is 5.69 Å². The number of benzene rings is 1. The molecule has 1 aliphatic rings. The van der Waals surface area contributed by atoms with Gasteiger partial charge in [0.05, 0.1) is 31.1 Å². The molecule has 1 aliphatic heterocycles. The lowest BCUT2D eigenvalue weighted by Gasteiger charge is -2.14. The topological polar surface area (TPSA) is 70.8 Å². The third-order valence-corrected chi connectivity index (χ3v) is 2.70. The second-order valence-electron chi connectivity index (χ2n) is 4.08. The maximum atomic E-state index is 11.5. The van der Waals surface area contributed by atoms with Crippen LogP contribution in [0.5, 0.6) is 5.75 Å². The molecule has 0 amide bonds. The molecular formula is C13H17NO4. The molecule has 1 unspecified atom stereocenters. The molecule has 0 spiro atoms. The Morgan fingerprint density at radius 1 is 1.56 bits per heavy atom. The van der Waals surface area contributed by atoms with E-state index in [1.165, 1.54) is 0 Å². The summed E-state index contributed by atoms with van der Waals surface area (Å²) in [5.74, 6) is 0.207. The van der Waals surface area contributed by atoms with Crippen LogP contribution in [0.2, 0.25) is 0 Å². The van der Waals surface area contributed by atoms with E-state index in [-0.39, 0.29) is 12.1 Å². The van der Waals surface area contributed by atoms with Crippen LogP contribution in [-0.4, -0.2) is 31.9 Å². The molecule has 1 aromatic rings. The van der Waals surface area contributed by atoms with Crippen molar-refractivity contribution in [1.29, 1.82) is 0 Å². The first-order valence-corrected chi connectivity index (χ1v) is 6.01. The maximum absolute atomic E-state index is 11.5. The van der Waals surface area contributed by atoms with E-state index in [9.17, 15) is 4.79 Å². The van der Waals surface area contributed by atoms with E-state index < -0.39 is 0 Å². The van der Waals surface area contributed by atoms with Gasteiger partial charge in [0.2, 0.25) is 0 Å². The van der Waals surface area contributed by atoms with Crippen molar-refractivity contribution in [2.75, 3.05) is 25.6 Å². The molecule has 1 fully saturated rings. The Hall–Kier alpha value is -1.75. The van der Waals surface area contributed by atoms with Crippen LogP contribution in [0, 0.1) is 0 Å². The number of hydrogen-bond donors (Lipinski definition) is 1. The summed E-state index contributed by atoms with van der Waals surface area (Å²) in [6.07, 6.45) is 0.903. The van der Waals surface area contributed by atoms with Gasteiger partial charge in [0, 0.05) is 6.42 Å². The number of nitrogen functional groups attached to an aromatic ring is 1. The average Bonchev–Trinajstić information content (AvgIpc) is 2.85. The summed E-state index contributed by atoms with van der Waals surface area (Å²) in [4.78, 5) is 11.5. The van der Waals surface area contributed by atoms with Gasteiger partial charge in [0.25, 0.3) is 0 Å². The number of ether oxygens (including phenoxy) is 3. The quantitative estimate of drug-likeness (QED) is 0.650. The van der Waals surface area contributed by atoms with E-state index in [1.807, 2.05) is 0 Å². The summed E-state index contributed by atoms with van der Waals surface area (Å²) in [6, 6.07) is 4.92. The predicted octanol–water partition coefficient (Wildman–Crippen LogP) is 1.61. The molecule has 0 saturated carbocycles. The first kappa shape index (κ1) is 12.7. The van der Waals surface area contributed by atoms with Gasteiger partial charge in [-0.1, -0.05) is 0 Å². The van der Waals surface area contributed by atoms with Gasteiger partial charge < -0.3 is 19.9 Å². The van der Waals surface area contributed by atoms with Crippen LogP contribution in [0.25, 0.3) is 0 Å². The van der Waals surface area contributed by atoms with Crippen molar-refractivity contribution in [2.24, 2.45) is 0 Å². The van der Waals surface area contributed by atoms with Crippen molar-refractivity contribution in [3.05, 3.63) is 23.8 Å². The van der Waals surface area contributed by atoms with Gasteiger partial charge >= 0.3 is 5.97 Å². The van der Waals surface area contributed by atoms with Crippen molar-refractivity contribution in [3.8, 4) is 5.75 Å². The summed E-state index contributed by atoms with van der Waals surface area (Å²) >= 11 is 0. The Bertz CT molecular complexity index is 427.